The zero-order chi connectivity index (χ0) is 22.3. The Bertz CT molecular complexity index is 882. The van der Waals surface area contributed by atoms with Crippen LogP contribution in [0.3, 0.4) is 0 Å². The van der Waals surface area contributed by atoms with E-state index in [1.54, 1.807) is 6.92 Å². The van der Waals surface area contributed by atoms with Crippen LogP contribution in [0.25, 0.3) is 0 Å². The monoisotopic (exact) mass is 431 g/mol. The van der Waals surface area contributed by atoms with Crippen molar-refractivity contribution in [3.63, 3.8) is 0 Å². The van der Waals surface area contributed by atoms with Gasteiger partial charge in [-0.25, -0.2) is 0 Å². The van der Waals surface area contributed by atoms with Crippen molar-refractivity contribution in [2.75, 3.05) is 18.8 Å². The Labute approximate surface area is 180 Å². The van der Waals surface area contributed by atoms with Gasteiger partial charge in [-0.05, 0) is 42.8 Å². The molecule has 0 saturated heterocycles. The van der Waals surface area contributed by atoms with Crippen LogP contribution in [0.1, 0.15) is 52.9 Å². The number of aromatic nitrogens is 1. The van der Waals surface area contributed by atoms with Gasteiger partial charge in [0.15, 0.2) is 5.69 Å². The second-order valence-corrected chi connectivity index (χ2v) is 8.30. The van der Waals surface area contributed by atoms with E-state index in [2.05, 4.69) is 23.5 Å². The fraction of sp³-hybridized carbons (Fsp3) is 0.429. The first-order chi connectivity index (χ1) is 14.2. The van der Waals surface area contributed by atoms with Crippen molar-refractivity contribution < 1.29 is 14.4 Å². The van der Waals surface area contributed by atoms with Gasteiger partial charge in [-0.2, -0.15) is 4.37 Å². The number of rotatable bonds is 10. The normalized spacial score (nSPS) is 11.9. The number of hydrogen-bond acceptors (Lipinski definition) is 6. The molecule has 30 heavy (non-hydrogen) atoms. The van der Waals surface area contributed by atoms with Gasteiger partial charge in [-0.1, -0.05) is 44.2 Å². The molecular formula is C21H29N5O3S. The molecule has 0 aliphatic carbocycles. The number of nitrogens with zero attached hydrogens (tertiary/aromatic N) is 2. The van der Waals surface area contributed by atoms with E-state index in [1.807, 2.05) is 30.3 Å². The Morgan fingerprint density at radius 3 is 2.40 bits per heavy atom. The molecule has 5 N–H and O–H groups in total. The second-order valence-electron chi connectivity index (χ2n) is 7.52. The van der Waals surface area contributed by atoms with Gasteiger partial charge in [-0.3, -0.25) is 14.4 Å². The molecule has 3 amide bonds. The number of carbonyl (C=O) groups is 3. The molecule has 0 saturated carbocycles. The third-order valence-electron chi connectivity index (χ3n) is 4.77. The molecule has 0 bridgehead atoms. The molecule has 2 aromatic rings. The molecule has 0 spiro atoms. The molecule has 0 aliphatic rings. The second kappa shape index (κ2) is 10.7. The first kappa shape index (κ1) is 23.3. The first-order valence-electron chi connectivity index (χ1n) is 9.89. The Morgan fingerprint density at radius 1 is 1.17 bits per heavy atom. The summed E-state index contributed by atoms with van der Waals surface area (Å²) in [6, 6.07) is 8.96. The lowest BCUT2D eigenvalue weighted by Crippen LogP contribution is -2.49. The highest BCUT2D eigenvalue weighted by molar-refractivity contribution is 7.09. The average Bonchev–Trinajstić information content (AvgIpc) is 3.09. The highest BCUT2D eigenvalue weighted by Crippen LogP contribution is 2.24. The van der Waals surface area contributed by atoms with E-state index >= 15 is 0 Å². The van der Waals surface area contributed by atoms with Crippen LogP contribution >= 0.6 is 11.5 Å². The van der Waals surface area contributed by atoms with Crippen molar-refractivity contribution >= 4 is 34.9 Å². The molecular weight excluding hydrogens is 402 g/mol. The van der Waals surface area contributed by atoms with Crippen molar-refractivity contribution in [1.29, 1.82) is 0 Å². The molecule has 1 heterocycles. The molecule has 1 aromatic heterocycles. The van der Waals surface area contributed by atoms with Gasteiger partial charge >= 0.3 is 0 Å². The average molecular weight is 432 g/mol. The van der Waals surface area contributed by atoms with Crippen molar-refractivity contribution in [3.8, 4) is 0 Å². The Morgan fingerprint density at radius 2 is 1.83 bits per heavy atom. The molecule has 0 unspecified atom stereocenters. The SMILES string of the molecule is CC(C)CCNC(=O)[C@H](C)N(CCc1ccccc1)C(=O)c1snc(C(N)=O)c1N. The summed E-state index contributed by atoms with van der Waals surface area (Å²) >= 11 is 0.815. The molecule has 162 valence electrons. The number of primary amides is 1. The first-order valence-corrected chi connectivity index (χ1v) is 10.7. The van der Waals surface area contributed by atoms with Crippen LogP contribution in [0.4, 0.5) is 5.69 Å². The lowest BCUT2D eigenvalue weighted by Gasteiger charge is -2.28. The van der Waals surface area contributed by atoms with Crippen molar-refractivity contribution in [3.05, 3.63) is 46.5 Å². The zero-order valence-electron chi connectivity index (χ0n) is 17.6. The molecule has 0 aliphatic heterocycles. The number of benzene rings is 1. The van der Waals surface area contributed by atoms with Gasteiger partial charge in [-0.15, -0.1) is 0 Å². The summed E-state index contributed by atoms with van der Waals surface area (Å²) in [5, 5.41) is 2.89. The van der Waals surface area contributed by atoms with Crippen molar-refractivity contribution in [1.82, 2.24) is 14.6 Å². The minimum atomic E-state index is -0.793. The Balaban J connectivity index is 2.22. The number of amides is 3. The molecule has 2 rings (SSSR count). The van der Waals surface area contributed by atoms with Gasteiger partial charge in [0.2, 0.25) is 5.91 Å². The number of anilines is 1. The maximum Gasteiger partial charge on any atom is 0.270 e. The van der Waals surface area contributed by atoms with E-state index in [1.165, 1.54) is 4.90 Å². The van der Waals surface area contributed by atoms with E-state index in [-0.39, 0.29) is 22.2 Å². The van der Waals surface area contributed by atoms with E-state index in [4.69, 9.17) is 11.5 Å². The quantitative estimate of drug-likeness (QED) is 0.530. The summed E-state index contributed by atoms with van der Waals surface area (Å²) in [5.74, 6) is -1.02. The largest absolute Gasteiger partial charge is 0.395 e. The predicted molar refractivity (Wildman–Crippen MR) is 118 cm³/mol. The van der Waals surface area contributed by atoms with Crippen LogP contribution in [0.15, 0.2) is 30.3 Å². The number of hydrogen-bond donors (Lipinski definition) is 3. The fourth-order valence-electron chi connectivity index (χ4n) is 2.90. The summed E-state index contributed by atoms with van der Waals surface area (Å²) in [6.45, 7) is 6.68. The van der Waals surface area contributed by atoms with Crippen LogP contribution in [-0.2, 0) is 11.2 Å². The summed E-state index contributed by atoms with van der Waals surface area (Å²) in [5.41, 5.74) is 12.1. The van der Waals surface area contributed by atoms with Crippen LogP contribution in [-0.4, -0.2) is 46.1 Å². The van der Waals surface area contributed by atoms with E-state index in [0.717, 1.165) is 23.5 Å². The van der Waals surface area contributed by atoms with E-state index in [9.17, 15) is 14.4 Å². The highest BCUT2D eigenvalue weighted by Gasteiger charge is 2.30. The topological polar surface area (TPSA) is 131 Å². The molecule has 8 nitrogen and oxygen atoms in total. The van der Waals surface area contributed by atoms with Gasteiger partial charge in [0.1, 0.15) is 10.9 Å². The van der Waals surface area contributed by atoms with Gasteiger partial charge < -0.3 is 21.7 Å². The van der Waals surface area contributed by atoms with Gasteiger partial charge in [0.25, 0.3) is 11.8 Å². The lowest BCUT2D eigenvalue weighted by molar-refractivity contribution is -0.125. The minimum Gasteiger partial charge on any atom is -0.395 e. The number of nitrogens with two attached hydrogens (primary N) is 2. The van der Waals surface area contributed by atoms with Crippen molar-refractivity contribution in [2.24, 2.45) is 11.7 Å². The third kappa shape index (κ3) is 6.03. The predicted octanol–water partition coefficient (Wildman–Crippen LogP) is 2.06. The molecule has 0 fully saturated rings. The standard InChI is InChI=1S/C21H29N5O3S/c1-13(2)9-11-24-20(28)14(3)26(12-10-15-7-5-4-6-8-15)21(29)18-16(22)17(19(23)27)25-30-18/h4-8,13-14H,9-12,22H2,1-3H3,(H2,23,27)(H,24,28)/t14-/m0/s1. The van der Waals surface area contributed by atoms with Crippen LogP contribution in [0, 0.1) is 5.92 Å². The maximum atomic E-state index is 13.2. The lowest BCUT2D eigenvalue weighted by atomic mass is 10.1. The minimum absolute atomic E-state index is 0.0466. The number of nitrogen functional groups attached to an aromatic ring is 1. The van der Waals surface area contributed by atoms with Crippen LogP contribution < -0.4 is 16.8 Å². The third-order valence-corrected chi connectivity index (χ3v) is 5.62. The van der Waals surface area contributed by atoms with Crippen molar-refractivity contribution in [2.45, 2.75) is 39.7 Å². The Hall–Kier alpha value is -2.94. The summed E-state index contributed by atoms with van der Waals surface area (Å²) in [4.78, 5) is 38.9. The molecule has 0 radical (unpaired) electrons. The highest BCUT2D eigenvalue weighted by atomic mass is 32.1. The maximum absolute atomic E-state index is 13.2. The van der Waals surface area contributed by atoms with Crippen LogP contribution in [0.5, 0.6) is 0 Å². The summed E-state index contributed by atoms with van der Waals surface area (Å²) in [7, 11) is 0. The van der Waals surface area contributed by atoms with Gasteiger partial charge in [0.05, 0.1) is 5.69 Å². The van der Waals surface area contributed by atoms with E-state index < -0.39 is 17.9 Å². The Kier molecular flexibility index (Phi) is 8.35. The number of nitrogens with one attached hydrogen (secondary N) is 1. The molecule has 1 atom stereocenters. The molecule has 9 heteroatoms. The number of carbonyl (C=O) groups excluding carboxylic acids is 3. The summed E-state index contributed by atoms with van der Waals surface area (Å²) in [6.07, 6.45) is 1.41. The molecule has 1 aromatic carbocycles. The van der Waals surface area contributed by atoms with E-state index in [0.29, 0.717) is 25.4 Å². The van der Waals surface area contributed by atoms with Gasteiger partial charge in [0, 0.05) is 13.1 Å². The zero-order valence-corrected chi connectivity index (χ0v) is 18.4. The summed E-state index contributed by atoms with van der Waals surface area (Å²) < 4.78 is 3.90. The van der Waals surface area contributed by atoms with Crippen LogP contribution in [0.2, 0.25) is 0 Å². The fourth-order valence-corrected chi connectivity index (χ4v) is 3.66. The smallest absolute Gasteiger partial charge is 0.270 e.